The maximum Gasteiger partial charge on any atom is 0.0458 e. The van der Waals surface area contributed by atoms with Gasteiger partial charge < -0.3 is 5.32 Å². The summed E-state index contributed by atoms with van der Waals surface area (Å²) in [6, 6.07) is 18.2. The summed E-state index contributed by atoms with van der Waals surface area (Å²) in [5.41, 5.74) is 2.96. The third-order valence-corrected chi connectivity index (χ3v) is 5.21. The second kappa shape index (κ2) is 5.04. The molecule has 20 heavy (non-hydrogen) atoms. The van der Waals surface area contributed by atoms with Crippen molar-refractivity contribution in [2.45, 2.75) is 18.9 Å². The fourth-order valence-electron chi connectivity index (χ4n) is 3.10. The maximum atomic E-state index is 3.67. The van der Waals surface area contributed by atoms with Gasteiger partial charge in [0.15, 0.2) is 0 Å². The van der Waals surface area contributed by atoms with Crippen molar-refractivity contribution in [3.05, 3.63) is 69.9 Å². The Bertz CT molecular complexity index is 744. The molecule has 1 aromatic heterocycles. The summed E-state index contributed by atoms with van der Waals surface area (Å²) < 4.78 is 0. The Morgan fingerprint density at radius 2 is 1.95 bits per heavy atom. The summed E-state index contributed by atoms with van der Waals surface area (Å²) in [5.74, 6) is 0. The van der Waals surface area contributed by atoms with Crippen LogP contribution in [0.2, 0.25) is 0 Å². The van der Waals surface area contributed by atoms with Gasteiger partial charge in [-0.25, -0.2) is 0 Å². The molecule has 0 fully saturated rings. The first-order chi connectivity index (χ1) is 9.90. The van der Waals surface area contributed by atoms with Gasteiger partial charge in [-0.15, -0.1) is 11.3 Å². The Morgan fingerprint density at radius 3 is 2.90 bits per heavy atom. The Morgan fingerprint density at radius 1 is 1.05 bits per heavy atom. The summed E-state index contributed by atoms with van der Waals surface area (Å²) in [6.07, 6.45) is 2.26. The van der Waals surface area contributed by atoms with Crippen molar-refractivity contribution in [1.82, 2.24) is 5.32 Å². The highest BCUT2D eigenvalue weighted by molar-refractivity contribution is 7.10. The lowest BCUT2D eigenvalue weighted by molar-refractivity contribution is 0.512. The van der Waals surface area contributed by atoms with Crippen molar-refractivity contribution in [3.8, 4) is 0 Å². The van der Waals surface area contributed by atoms with Gasteiger partial charge in [-0.1, -0.05) is 42.5 Å². The van der Waals surface area contributed by atoms with E-state index in [9.17, 15) is 0 Å². The molecule has 1 atom stereocenters. The number of fused-ring (bicyclic) bond motifs is 2. The highest BCUT2D eigenvalue weighted by Crippen LogP contribution is 2.31. The van der Waals surface area contributed by atoms with Crippen molar-refractivity contribution >= 4 is 22.1 Å². The maximum absolute atomic E-state index is 3.67. The standard InChI is InChI=1S/C18H17NS/c1-2-4-16-11-13(5-6-14(16)3-1)12-17-18-15(7-9-19-17)8-10-20-18/h1-6,8,10-11,17,19H,7,9,12H2/t17-/m1/s1. The van der Waals surface area contributed by atoms with Crippen LogP contribution in [0.15, 0.2) is 53.9 Å². The van der Waals surface area contributed by atoms with E-state index in [0.29, 0.717) is 6.04 Å². The fraction of sp³-hybridized carbons (Fsp3) is 0.222. The molecule has 100 valence electrons. The van der Waals surface area contributed by atoms with E-state index in [1.165, 1.54) is 27.6 Å². The van der Waals surface area contributed by atoms with E-state index in [-0.39, 0.29) is 0 Å². The van der Waals surface area contributed by atoms with Crippen LogP contribution in [-0.4, -0.2) is 6.54 Å². The Balaban J connectivity index is 1.65. The molecule has 1 aliphatic heterocycles. The molecule has 0 spiro atoms. The van der Waals surface area contributed by atoms with Crippen LogP contribution < -0.4 is 5.32 Å². The molecule has 0 unspecified atom stereocenters. The van der Waals surface area contributed by atoms with Crippen LogP contribution in [-0.2, 0) is 12.8 Å². The molecule has 0 saturated heterocycles. The number of benzene rings is 2. The van der Waals surface area contributed by atoms with Gasteiger partial charge in [0, 0.05) is 10.9 Å². The molecule has 0 radical (unpaired) electrons. The second-order valence-corrected chi connectivity index (χ2v) is 6.40. The van der Waals surface area contributed by atoms with Crippen LogP contribution in [0.3, 0.4) is 0 Å². The smallest absolute Gasteiger partial charge is 0.0458 e. The van der Waals surface area contributed by atoms with Crippen LogP contribution in [0.5, 0.6) is 0 Å². The first-order valence-electron chi connectivity index (χ1n) is 7.17. The predicted octanol–water partition coefficient (Wildman–Crippen LogP) is 4.33. The topological polar surface area (TPSA) is 12.0 Å². The summed E-state index contributed by atoms with van der Waals surface area (Å²) in [4.78, 5) is 1.53. The molecule has 0 bridgehead atoms. The van der Waals surface area contributed by atoms with E-state index in [4.69, 9.17) is 0 Å². The first kappa shape index (κ1) is 12.1. The minimum atomic E-state index is 0.486. The van der Waals surface area contributed by atoms with Crippen molar-refractivity contribution in [2.75, 3.05) is 6.54 Å². The minimum absolute atomic E-state index is 0.486. The van der Waals surface area contributed by atoms with E-state index >= 15 is 0 Å². The van der Waals surface area contributed by atoms with Gasteiger partial charge in [0.2, 0.25) is 0 Å². The summed E-state index contributed by atoms with van der Waals surface area (Å²) in [7, 11) is 0. The third kappa shape index (κ3) is 2.15. The van der Waals surface area contributed by atoms with Crippen molar-refractivity contribution in [3.63, 3.8) is 0 Å². The molecule has 0 aliphatic carbocycles. The lowest BCUT2D eigenvalue weighted by Crippen LogP contribution is -2.29. The number of nitrogens with one attached hydrogen (secondary N) is 1. The zero-order valence-electron chi connectivity index (χ0n) is 11.3. The fourth-order valence-corrected chi connectivity index (χ4v) is 4.13. The molecular formula is C18H17NS. The van der Waals surface area contributed by atoms with Crippen LogP contribution in [0.25, 0.3) is 10.8 Å². The first-order valence-corrected chi connectivity index (χ1v) is 8.05. The van der Waals surface area contributed by atoms with Gasteiger partial charge in [-0.3, -0.25) is 0 Å². The number of hydrogen-bond donors (Lipinski definition) is 1. The van der Waals surface area contributed by atoms with Crippen LogP contribution in [0.4, 0.5) is 0 Å². The van der Waals surface area contributed by atoms with E-state index in [1.807, 2.05) is 11.3 Å². The van der Waals surface area contributed by atoms with E-state index in [0.717, 1.165) is 13.0 Å². The minimum Gasteiger partial charge on any atom is -0.309 e. The predicted molar refractivity (Wildman–Crippen MR) is 86.4 cm³/mol. The quantitative estimate of drug-likeness (QED) is 0.736. The molecule has 1 N–H and O–H groups in total. The largest absolute Gasteiger partial charge is 0.309 e. The molecule has 3 aromatic rings. The molecule has 0 saturated carbocycles. The van der Waals surface area contributed by atoms with Gasteiger partial charge >= 0.3 is 0 Å². The molecule has 1 aliphatic rings. The molecule has 1 nitrogen and oxygen atoms in total. The molecule has 2 heterocycles. The van der Waals surface area contributed by atoms with Crippen LogP contribution >= 0.6 is 11.3 Å². The molecule has 2 aromatic carbocycles. The molecule has 2 heteroatoms. The van der Waals surface area contributed by atoms with Gasteiger partial charge in [0.05, 0.1) is 0 Å². The van der Waals surface area contributed by atoms with Crippen LogP contribution in [0.1, 0.15) is 22.0 Å². The van der Waals surface area contributed by atoms with E-state index in [2.05, 4.69) is 59.2 Å². The molecular weight excluding hydrogens is 262 g/mol. The number of thiophene rings is 1. The number of rotatable bonds is 2. The SMILES string of the molecule is c1ccc2cc(C[C@H]3NCCc4ccsc43)ccc2c1. The van der Waals surface area contributed by atoms with Crippen molar-refractivity contribution < 1.29 is 0 Å². The van der Waals surface area contributed by atoms with Crippen molar-refractivity contribution in [2.24, 2.45) is 0 Å². The lowest BCUT2D eigenvalue weighted by Gasteiger charge is -2.24. The highest BCUT2D eigenvalue weighted by atomic mass is 32.1. The Hall–Kier alpha value is -1.64. The van der Waals surface area contributed by atoms with Crippen molar-refractivity contribution in [1.29, 1.82) is 0 Å². The summed E-state index contributed by atoms with van der Waals surface area (Å²) in [6.45, 7) is 1.10. The van der Waals surface area contributed by atoms with Gasteiger partial charge in [0.25, 0.3) is 0 Å². The zero-order chi connectivity index (χ0) is 13.4. The second-order valence-electron chi connectivity index (χ2n) is 5.45. The Labute approximate surface area is 123 Å². The lowest BCUT2D eigenvalue weighted by atomic mass is 9.96. The zero-order valence-corrected chi connectivity index (χ0v) is 12.1. The summed E-state index contributed by atoms with van der Waals surface area (Å²) >= 11 is 1.89. The summed E-state index contributed by atoms with van der Waals surface area (Å²) in [5, 5.41) is 8.56. The molecule has 0 amide bonds. The van der Waals surface area contributed by atoms with E-state index < -0.39 is 0 Å². The van der Waals surface area contributed by atoms with Crippen LogP contribution in [0, 0.1) is 0 Å². The van der Waals surface area contributed by atoms with Gasteiger partial charge in [-0.2, -0.15) is 0 Å². The normalized spacial score (nSPS) is 18.1. The Kier molecular flexibility index (Phi) is 3.06. The average Bonchev–Trinajstić information content (AvgIpc) is 2.97. The number of hydrogen-bond acceptors (Lipinski definition) is 2. The molecule has 4 rings (SSSR count). The van der Waals surface area contributed by atoms with Gasteiger partial charge in [-0.05, 0) is 52.7 Å². The third-order valence-electron chi connectivity index (χ3n) is 4.14. The average molecular weight is 279 g/mol. The highest BCUT2D eigenvalue weighted by Gasteiger charge is 2.20. The monoisotopic (exact) mass is 279 g/mol. The van der Waals surface area contributed by atoms with Gasteiger partial charge in [0.1, 0.15) is 0 Å². The van der Waals surface area contributed by atoms with E-state index in [1.54, 1.807) is 5.56 Å².